The highest BCUT2D eigenvalue weighted by molar-refractivity contribution is 5.80. The number of aryl methyl sites for hydroxylation is 1. The maximum absolute atomic E-state index is 13.1. The molecule has 1 atom stereocenters. The molecule has 4 heterocycles. The summed E-state index contributed by atoms with van der Waals surface area (Å²) in [6, 6.07) is -0.706. The molecule has 352 valence electrons. The van der Waals surface area contributed by atoms with Crippen molar-refractivity contribution in [3.63, 3.8) is 0 Å². The van der Waals surface area contributed by atoms with Crippen LogP contribution in [-0.2, 0) is 39.8 Å². The highest BCUT2D eigenvalue weighted by Crippen LogP contribution is 2.20. The molecule has 0 aliphatic carbocycles. The molecule has 2 aromatic heterocycles. The van der Waals surface area contributed by atoms with Gasteiger partial charge in [0.25, 0.3) is 0 Å². The molecule has 0 radical (unpaired) electrons. The van der Waals surface area contributed by atoms with Gasteiger partial charge in [-0.25, -0.2) is 4.68 Å². The third-order valence-electron chi connectivity index (χ3n) is 10.8. The highest BCUT2D eigenvalue weighted by atomic mass is 16.5. The predicted molar refractivity (Wildman–Crippen MR) is 239 cm³/mol. The summed E-state index contributed by atoms with van der Waals surface area (Å²) in [5.41, 5.74) is 6.36. The Bertz CT molecular complexity index is 1630. The first-order chi connectivity index (χ1) is 30.9. The molecule has 2 fully saturated rings. The Labute approximate surface area is 372 Å². The van der Waals surface area contributed by atoms with Gasteiger partial charge in [0.15, 0.2) is 0 Å². The molecule has 1 unspecified atom stereocenters. The van der Waals surface area contributed by atoms with E-state index >= 15 is 0 Å². The maximum Gasteiger partial charge on any atom is 0.303 e. The van der Waals surface area contributed by atoms with Crippen LogP contribution in [0.1, 0.15) is 102 Å². The van der Waals surface area contributed by atoms with Crippen LogP contribution in [0.5, 0.6) is 0 Å². The van der Waals surface area contributed by atoms with Crippen molar-refractivity contribution in [3.05, 3.63) is 11.9 Å². The van der Waals surface area contributed by atoms with E-state index < -0.39 is 12.0 Å². The second-order valence-electron chi connectivity index (χ2n) is 15.7. The number of ether oxygens (including phenoxy) is 4. The van der Waals surface area contributed by atoms with Gasteiger partial charge in [-0.3, -0.25) is 14.4 Å². The van der Waals surface area contributed by atoms with E-state index in [-0.39, 0.29) is 31.3 Å². The Morgan fingerprint density at radius 1 is 0.778 bits per heavy atom. The molecule has 2 saturated heterocycles. The average Bonchev–Trinajstić information content (AvgIpc) is 3.77. The Balaban J connectivity index is 1.06. The molecule has 4 rings (SSSR count). The van der Waals surface area contributed by atoms with Crippen LogP contribution < -0.4 is 26.2 Å². The largest absolute Gasteiger partial charge is 0.481 e. The third kappa shape index (κ3) is 20.6. The first kappa shape index (κ1) is 51.0. The number of amides is 2. The number of unbranched alkanes of at least 4 members (excludes halogenated alkanes) is 9. The second kappa shape index (κ2) is 31.2. The van der Waals surface area contributed by atoms with E-state index in [2.05, 4.69) is 36.7 Å². The molecule has 20 heteroatoms. The van der Waals surface area contributed by atoms with E-state index in [0.29, 0.717) is 129 Å². The Hall–Kier alpha value is -4.68. The number of carbonyl (C=O) groups is 3. The van der Waals surface area contributed by atoms with Gasteiger partial charge in [-0.15, -0.1) is 11.5 Å². The first-order valence-corrected chi connectivity index (χ1v) is 23.0. The zero-order valence-corrected chi connectivity index (χ0v) is 37.3. The van der Waals surface area contributed by atoms with Crippen molar-refractivity contribution in [2.75, 3.05) is 127 Å². The minimum absolute atomic E-state index is 0.127. The lowest BCUT2D eigenvalue weighted by molar-refractivity contribution is -0.137. The molecule has 63 heavy (non-hydrogen) atoms. The van der Waals surface area contributed by atoms with Crippen molar-refractivity contribution in [1.82, 2.24) is 40.2 Å². The van der Waals surface area contributed by atoms with Crippen LogP contribution in [-0.4, -0.2) is 169 Å². The minimum Gasteiger partial charge on any atom is -0.481 e. The van der Waals surface area contributed by atoms with Crippen LogP contribution in [0.3, 0.4) is 0 Å². The van der Waals surface area contributed by atoms with Crippen molar-refractivity contribution in [1.29, 1.82) is 0 Å². The lowest BCUT2D eigenvalue weighted by Gasteiger charge is -2.35. The predicted octanol–water partition coefficient (Wildman–Crippen LogP) is 2.45. The summed E-state index contributed by atoms with van der Waals surface area (Å²) in [5.74, 6) is 3.12. The summed E-state index contributed by atoms with van der Waals surface area (Å²) in [6.45, 7) is 9.45. The van der Waals surface area contributed by atoms with Gasteiger partial charge in [-0.1, -0.05) is 56.1 Å². The van der Waals surface area contributed by atoms with Crippen molar-refractivity contribution in [2.45, 2.75) is 102 Å². The molecule has 0 spiro atoms. The zero-order valence-electron chi connectivity index (χ0n) is 37.3. The summed E-state index contributed by atoms with van der Waals surface area (Å²) < 4.78 is 23.4. The summed E-state index contributed by atoms with van der Waals surface area (Å²) in [4.78, 5) is 57.8. The highest BCUT2D eigenvalue weighted by Gasteiger charge is 2.26. The van der Waals surface area contributed by atoms with Crippen molar-refractivity contribution >= 4 is 35.6 Å². The Morgan fingerprint density at radius 3 is 2.10 bits per heavy atom. The van der Waals surface area contributed by atoms with Gasteiger partial charge in [0, 0.05) is 71.4 Å². The monoisotopic (exact) mass is 885 g/mol. The molecule has 0 aromatic carbocycles. The molecule has 2 aromatic rings. The number of hydrogen-bond acceptors (Lipinski definition) is 16. The number of terminal acetylenes is 1. The fraction of sp³-hybridized carbons (Fsp3) is 0.767. The smallest absolute Gasteiger partial charge is 0.303 e. The standard InChI is InChI=1S/C43H72N12O8/c1-2-27-60-31-33-63-34-32-61-28-20-46-41-47-42(49-43(48-41)54-25-29-62-30-26-54)53-23-21-52(22-24-53)38(56)15-11-7-5-3-4-6-8-13-19-45-40(59)37(16-17-39(57)58)55-35-36(50-51-55)14-10-9-12-18-44/h1,35,37H,3-34,44H2,(H,45,59)(H,57,58)(H,46,47,48,49). The molecule has 20 nitrogen and oxygen atoms in total. The number of nitrogens with one attached hydrogen (secondary N) is 2. The fourth-order valence-electron chi connectivity index (χ4n) is 7.24. The Morgan fingerprint density at radius 2 is 1.41 bits per heavy atom. The number of aliphatic carboxylic acids is 1. The van der Waals surface area contributed by atoms with Crippen molar-refractivity contribution in [3.8, 4) is 12.3 Å². The normalized spacial score (nSPS) is 14.7. The molecular formula is C43H72N12O8. The van der Waals surface area contributed by atoms with Crippen LogP contribution in [0, 0.1) is 12.3 Å². The lowest BCUT2D eigenvalue weighted by atomic mass is 10.1. The third-order valence-corrected chi connectivity index (χ3v) is 10.8. The number of carbonyl (C=O) groups excluding carboxylic acids is 2. The van der Waals surface area contributed by atoms with Gasteiger partial charge in [0.1, 0.15) is 12.6 Å². The van der Waals surface area contributed by atoms with Crippen LogP contribution >= 0.6 is 0 Å². The van der Waals surface area contributed by atoms with Crippen LogP contribution in [0.25, 0.3) is 0 Å². The number of nitrogens with two attached hydrogens (primary N) is 1. The lowest BCUT2D eigenvalue weighted by Crippen LogP contribution is -2.49. The van der Waals surface area contributed by atoms with Gasteiger partial charge in [0.05, 0.1) is 51.9 Å². The maximum atomic E-state index is 13.1. The average molecular weight is 885 g/mol. The van der Waals surface area contributed by atoms with Crippen molar-refractivity contribution in [2.24, 2.45) is 5.73 Å². The van der Waals surface area contributed by atoms with E-state index in [4.69, 9.17) is 46.1 Å². The molecule has 2 aliphatic rings. The molecule has 2 amide bonds. The summed E-state index contributed by atoms with van der Waals surface area (Å²) in [7, 11) is 0. The second-order valence-corrected chi connectivity index (χ2v) is 15.7. The van der Waals surface area contributed by atoms with E-state index in [1.165, 1.54) is 4.68 Å². The number of carboxylic acid groups (broad SMARTS) is 1. The van der Waals surface area contributed by atoms with Gasteiger partial charge in [0.2, 0.25) is 29.7 Å². The quantitative estimate of drug-likeness (QED) is 0.0583. The molecule has 0 bridgehead atoms. The zero-order chi connectivity index (χ0) is 44.7. The number of morpholine rings is 1. The summed E-state index contributed by atoms with van der Waals surface area (Å²) in [5, 5.41) is 23.8. The van der Waals surface area contributed by atoms with E-state index in [0.717, 1.165) is 82.7 Å². The van der Waals surface area contributed by atoms with E-state index in [1.54, 1.807) is 6.20 Å². The topological polar surface area (TPSA) is 238 Å². The molecule has 0 saturated carbocycles. The molecule has 2 aliphatic heterocycles. The van der Waals surface area contributed by atoms with Crippen LogP contribution in [0.4, 0.5) is 17.8 Å². The van der Waals surface area contributed by atoms with Crippen molar-refractivity contribution < 1.29 is 38.4 Å². The number of nitrogens with zero attached hydrogens (tertiary/aromatic N) is 9. The Kier molecular flexibility index (Phi) is 25.2. The summed E-state index contributed by atoms with van der Waals surface area (Å²) >= 11 is 0. The van der Waals surface area contributed by atoms with Gasteiger partial charge in [-0.2, -0.15) is 15.0 Å². The van der Waals surface area contributed by atoms with E-state index in [1.807, 2.05) is 4.90 Å². The number of aromatic nitrogens is 6. The van der Waals surface area contributed by atoms with Gasteiger partial charge >= 0.3 is 5.97 Å². The van der Waals surface area contributed by atoms with Crippen LogP contribution in [0.15, 0.2) is 6.20 Å². The first-order valence-electron chi connectivity index (χ1n) is 23.0. The number of carboxylic acids is 1. The number of hydrogen-bond donors (Lipinski definition) is 4. The van der Waals surface area contributed by atoms with Crippen LogP contribution in [0.2, 0.25) is 0 Å². The minimum atomic E-state index is -0.950. The van der Waals surface area contributed by atoms with E-state index in [9.17, 15) is 19.5 Å². The number of anilines is 3. The SMILES string of the molecule is C#CCOCCOCCOCCNc1nc(N2CCOCC2)nc(N2CCN(C(=O)CCCCCCCCCCNC(=O)C(CCC(=O)O)n3cc(CCCCCN)nn3)CC2)n1. The molecular weight excluding hydrogens is 813 g/mol. The molecule has 5 N–H and O–H groups in total. The summed E-state index contributed by atoms with van der Waals surface area (Å²) in [6.07, 6.45) is 19.2. The fourth-order valence-corrected chi connectivity index (χ4v) is 7.24. The van der Waals surface area contributed by atoms with Gasteiger partial charge < -0.3 is 55.1 Å². The number of piperazine rings is 1. The van der Waals surface area contributed by atoms with Gasteiger partial charge in [-0.05, 0) is 45.1 Å². The number of rotatable bonds is 34.